The SMILES string of the molecule is NCCc1ccc(C(=O)N2C[C@@H](O)C[C@H]2C(=O)O)cc1. The van der Waals surface area contributed by atoms with E-state index in [4.69, 9.17) is 10.8 Å². The second kappa shape index (κ2) is 6.02. The number of hydrogen-bond donors (Lipinski definition) is 3. The molecule has 4 N–H and O–H groups in total. The van der Waals surface area contributed by atoms with Gasteiger partial charge in [0.1, 0.15) is 6.04 Å². The molecule has 0 bridgehead atoms. The summed E-state index contributed by atoms with van der Waals surface area (Å²) < 4.78 is 0. The van der Waals surface area contributed by atoms with Crippen LogP contribution in [-0.4, -0.2) is 52.2 Å². The van der Waals surface area contributed by atoms with Crippen LogP contribution in [0, 0.1) is 0 Å². The lowest BCUT2D eigenvalue weighted by Crippen LogP contribution is -2.40. The third kappa shape index (κ3) is 2.97. The van der Waals surface area contributed by atoms with Gasteiger partial charge in [0.2, 0.25) is 0 Å². The number of aliphatic hydroxyl groups excluding tert-OH is 1. The van der Waals surface area contributed by atoms with Gasteiger partial charge >= 0.3 is 5.97 Å². The molecule has 1 aliphatic heterocycles. The van der Waals surface area contributed by atoms with Crippen molar-refractivity contribution in [3.8, 4) is 0 Å². The number of aliphatic carboxylic acids is 1. The van der Waals surface area contributed by atoms with Crippen LogP contribution in [0.25, 0.3) is 0 Å². The summed E-state index contributed by atoms with van der Waals surface area (Å²) in [5, 5.41) is 18.7. The fourth-order valence-electron chi connectivity index (χ4n) is 2.42. The fourth-order valence-corrected chi connectivity index (χ4v) is 2.42. The van der Waals surface area contributed by atoms with Gasteiger partial charge in [-0.1, -0.05) is 12.1 Å². The van der Waals surface area contributed by atoms with E-state index in [1.807, 2.05) is 12.1 Å². The summed E-state index contributed by atoms with van der Waals surface area (Å²) in [6.07, 6.45) is 0.0256. The Labute approximate surface area is 116 Å². The normalized spacial score (nSPS) is 22.0. The second-order valence-corrected chi connectivity index (χ2v) is 4.94. The van der Waals surface area contributed by atoms with E-state index in [9.17, 15) is 14.7 Å². The van der Waals surface area contributed by atoms with Crippen LogP contribution < -0.4 is 5.73 Å². The van der Waals surface area contributed by atoms with E-state index >= 15 is 0 Å². The molecule has 1 amide bonds. The van der Waals surface area contributed by atoms with Crippen molar-refractivity contribution < 1.29 is 19.8 Å². The molecule has 1 fully saturated rings. The lowest BCUT2D eigenvalue weighted by Gasteiger charge is -2.21. The molecule has 0 unspecified atom stereocenters. The van der Waals surface area contributed by atoms with Crippen LogP contribution in [0.4, 0.5) is 0 Å². The van der Waals surface area contributed by atoms with Crippen LogP contribution >= 0.6 is 0 Å². The number of amides is 1. The van der Waals surface area contributed by atoms with Crippen LogP contribution in [0.1, 0.15) is 22.3 Å². The summed E-state index contributed by atoms with van der Waals surface area (Å²) >= 11 is 0. The molecular weight excluding hydrogens is 260 g/mol. The van der Waals surface area contributed by atoms with Crippen LogP contribution in [-0.2, 0) is 11.2 Å². The zero-order valence-electron chi connectivity index (χ0n) is 11.0. The Bertz CT molecular complexity index is 500. The van der Waals surface area contributed by atoms with Crippen LogP contribution in [0.5, 0.6) is 0 Å². The lowest BCUT2D eigenvalue weighted by atomic mass is 10.1. The highest BCUT2D eigenvalue weighted by Crippen LogP contribution is 2.21. The summed E-state index contributed by atoms with van der Waals surface area (Å²) in [5.41, 5.74) is 6.91. The number of carbonyl (C=O) groups is 2. The fraction of sp³-hybridized carbons (Fsp3) is 0.429. The minimum absolute atomic E-state index is 0.0559. The Hall–Kier alpha value is -1.92. The highest BCUT2D eigenvalue weighted by atomic mass is 16.4. The average molecular weight is 278 g/mol. The maximum absolute atomic E-state index is 12.3. The van der Waals surface area contributed by atoms with Crippen LogP contribution in [0.2, 0.25) is 0 Å². The molecular formula is C14H18N2O4. The van der Waals surface area contributed by atoms with E-state index in [1.165, 1.54) is 4.90 Å². The number of benzene rings is 1. The first-order valence-electron chi connectivity index (χ1n) is 6.53. The minimum atomic E-state index is -1.09. The third-order valence-electron chi connectivity index (χ3n) is 3.46. The molecule has 1 aromatic carbocycles. The lowest BCUT2D eigenvalue weighted by molar-refractivity contribution is -0.141. The number of hydrogen-bond acceptors (Lipinski definition) is 4. The van der Waals surface area contributed by atoms with E-state index in [-0.39, 0.29) is 18.9 Å². The van der Waals surface area contributed by atoms with Gasteiger partial charge < -0.3 is 20.8 Å². The molecule has 0 spiro atoms. The summed E-state index contributed by atoms with van der Waals surface area (Å²) in [6, 6.07) is 5.99. The largest absolute Gasteiger partial charge is 0.480 e. The maximum Gasteiger partial charge on any atom is 0.326 e. The molecule has 6 nitrogen and oxygen atoms in total. The second-order valence-electron chi connectivity index (χ2n) is 4.94. The molecule has 1 aliphatic rings. The highest BCUT2D eigenvalue weighted by molar-refractivity contribution is 5.97. The molecule has 2 rings (SSSR count). The molecule has 108 valence electrons. The molecule has 20 heavy (non-hydrogen) atoms. The number of carboxylic acid groups (broad SMARTS) is 1. The summed E-state index contributed by atoms with van der Waals surface area (Å²) in [4.78, 5) is 24.6. The van der Waals surface area contributed by atoms with Gasteiger partial charge in [0.25, 0.3) is 5.91 Å². The van der Waals surface area contributed by atoms with Gasteiger partial charge in [-0.25, -0.2) is 4.79 Å². The summed E-state index contributed by atoms with van der Waals surface area (Å²) in [7, 11) is 0. The molecule has 0 aromatic heterocycles. The van der Waals surface area contributed by atoms with Crippen LogP contribution in [0.15, 0.2) is 24.3 Å². The van der Waals surface area contributed by atoms with Gasteiger partial charge in [0.05, 0.1) is 6.10 Å². The standard InChI is InChI=1S/C14H18N2O4/c15-6-5-9-1-3-10(4-2-9)13(18)16-8-11(17)7-12(16)14(19)20/h1-4,11-12,17H,5-8,15H2,(H,19,20)/t11-,12-/m0/s1. The van der Waals surface area contributed by atoms with E-state index in [1.54, 1.807) is 12.1 Å². The smallest absolute Gasteiger partial charge is 0.326 e. The number of rotatable bonds is 4. The van der Waals surface area contributed by atoms with Crippen LogP contribution in [0.3, 0.4) is 0 Å². The highest BCUT2D eigenvalue weighted by Gasteiger charge is 2.39. The van der Waals surface area contributed by atoms with Crippen molar-refractivity contribution in [2.45, 2.75) is 25.0 Å². The van der Waals surface area contributed by atoms with Crippen molar-refractivity contribution in [1.29, 1.82) is 0 Å². The first-order chi connectivity index (χ1) is 9.52. The predicted molar refractivity (Wildman–Crippen MR) is 72.3 cm³/mol. The first-order valence-corrected chi connectivity index (χ1v) is 6.53. The number of carbonyl (C=O) groups excluding carboxylic acids is 1. The number of carboxylic acids is 1. The minimum Gasteiger partial charge on any atom is -0.480 e. The topological polar surface area (TPSA) is 104 Å². The Morgan fingerprint density at radius 1 is 1.30 bits per heavy atom. The Kier molecular flexibility index (Phi) is 4.36. The van der Waals surface area contributed by atoms with E-state index in [2.05, 4.69) is 0 Å². The van der Waals surface area contributed by atoms with Crippen molar-refractivity contribution in [1.82, 2.24) is 4.90 Å². The van der Waals surface area contributed by atoms with E-state index < -0.39 is 18.1 Å². The van der Waals surface area contributed by atoms with Crippen molar-refractivity contribution in [3.05, 3.63) is 35.4 Å². The molecule has 0 aliphatic carbocycles. The molecule has 0 saturated carbocycles. The van der Waals surface area contributed by atoms with Gasteiger partial charge in [-0.3, -0.25) is 4.79 Å². The number of aliphatic hydroxyl groups is 1. The number of likely N-dealkylation sites (tertiary alicyclic amines) is 1. The average Bonchev–Trinajstić information content (AvgIpc) is 2.81. The summed E-state index contributed by atoms with van der Waals surface area (Å²) in [5.74, 6) is -1.46. The van der Waals surface area contributed by atoms with Gasteiger partial charge in [-0.05, 0) is 30.7 Å². The molecule has 1 heterocycles. The number of nitrogens with zero attached hydrogens (tertiary/aromatic N) is 1. The number of nitrogens with two attached hydrogens (primary N) is 1. The Morgan fingerprint density at radius 3 is 2.50 bits per heavy atom. The quantitative estimate of drug-likeness (QED) is 0.710. The Balaban J connectivity index is 2.15. The monoisotopic (exact) mass is 278 g/mol. The zero-order valence-corrected chi connectivity index (χ0v) is 11.0. The van der Waals surface area contributed by atoms with Gasteiger partial charge in [-0.2, -0.15) is 0 Å². The molecule has 2 atom stereocenters. The van der Waals surface area contributed by atoms with Crippen molar-refractivity contribution in [2.24, 2.45) is 5.73 Å². The van der Waals surface area contributed by atoms with Crippen molar-refractivity contribution in [2.75, 3.05) is 13.1 Å². The molecule has 0 radical (unpaired) electrons. The summed E-state index contributed by atoms with van der Waals surface area (Å²) in [6.45, 7) is 0.590. The molecule has 1 aromatic rings. The van der Waals surface area contributed by atoms with Gasteiger partial charge in [-0.15, -0.1) is 0 Å². The molecule has 1 saturated heterocycles. The van der Waals surface area contributed by atoms with E-state index in [0.29, 0.717) is 12.1 Å². The van der Waals surface area contributed by atoms with Crippen molar-refractivity contribution >= 4 is 11.9 Å². The van der Waals surface area contributed by atoms with Crippen molar-refractivity contribution in [3.63, 3.8) is 0 Å². The maximum atomic E-state index is 12.3. The third-order valence-corrected chi connectivity index (χ3v) is 3.46. The molecule has 6 heteroatoms. The number of β-amino-alcohol motifs (C(OH)–C–C–N with tert-alkyl or cyclic N) is 1. The van der Waals surface area contributed by atoms with E-state index in [0.717, 1.165) is 12.0 Å². The Morgan fingerprint density at radius 2 is 1.95 bits per heavy atom. The van der Waals surface area contributed by atoms with Gasteiger partial charge in [0, 0.05) is 18.5 Å². The zero-order chi connectivity index (χ0) is 14.7. The van der Waals surface area contributed by atoms with Gasteiger partial charge in [0.15, 0.2) is 0 Å². The first kappa shape index (κ1) is 14.5. The predicted octanol–water partition coefficient (Wildman–Crippen LogP) is -0.152.